The molecule has 110 valence electrons. The zero-order valence-corrected chi connectivity index (χ0v) is 12.0. The molecular formula is C15H19N5O. The topological polar surface area (TPSA) is 76.3 Å². The summed E-state index contributed by atoms with van der Waals surface area (Å²) in [6.45, 7) is 2.01. The van der Waals surface area contributed by atoms with E-state index >= 15 is 0 Å². The van der Waals surface area contributed by atoms with Crippen molar-refractivity contribution in [1.82, 2.24) is 9.97 Å². The van der Waals surface area contributed by atoms with Gasteiger partial charge in [0.2, 0.25) is 0 Å². The van der Waals surface area contributed by atoms with Crippen molar-refractivity contribution in [3.8, 4) is 5.75 Å². The summed E-state index contributed by atoms with van der Waals surface area (Å²) in [5.74, 6) is 2.27. The van der Waals surface area contributed by atoms with Crippen LogP contribution in [-0.2, 0) is 0 Å². The molecule has 1 aromatic carbocycles. The highest BCUT2D eigenvalue weighted by Gasteiger charge is 2.18. The second-order valence-corrected chi connectivity index (χ2v) is 5.01. The maximum atomic E-state index is 6.21. The lowest BCUT2D eigenvalue weighted by Gasteiger charge is -2.19. The zero-order chi connectivity index (χ0) is 14.7. The van der Waals surface area contributed by atoms with E-state index in [1.165, 1.54) is 12.8 Å². The van der Waals surface area contributed by atoms with Crippen molar-refractivity contribution in [2.24, 2.45) is 0 Å². The minimum Gasteiger partial charge on any atom is -0.497 e. The molecule has 6 heteroatoms. The molecular weight excluding hydrogens is 266 g/mol. The third-order valence-corrected chi connectivity index (χ3v) is 3.62. The molecule has 21 heavy (non-hydrogen) atoms. The summed E-state index contributed by atoms with van der Waals surface area (Å²) < 4.78 is 5.14. The van der Waals surface area contributed by atoms with Crippen molar-refractivity contribution < 1.29 is 4.74 Å². The van der Waals surface area contributed by atoms with Crippen LogP contribution >= 0.6 is 0 Å². The van der Waals surface area contributed by atoms with Gasteiger partial charge in [0.15, 0.2) is 11.6 Å². The van der Waals surface area contributed by atoms with Crippen LogP contribution in [0.2, 0.25) is 0 Å². The molecule has 1 aromatic heterocycles. The van der Waals surface area contributed by atoms with Crippen molar-refractivity contribution in [1.29, 1.82) is 0 Å². The van der Waals surface area contributed by atoms with Gasteiger partial charge in [-0.1, -0.05) is 0 Å². The fourth-order valence-electron chi connectivity index (χ4n) is 2.48. The first kappa shape index (κ1) is 13.5. The number of methoxy groups -OCH3 is 1. The van der Waals surface area contributed by atoms with E-state index in [4.69, 9.17) is 10.5 Å². The van der Waals surface area contributed by atoms with Gasteiger partial charge in [0.05, 0.1) is 7.11 Å². The van der Waals surface area contributed by atoms with Crippen LogP contribution in [-0.4, -0.2) is 30.2 Å². The molecule has 1 fully saturated rings. The summed E-state index contributed by atoms with van der Waals surface area (Å²) in [5.41, 5.74) is 7.72. The molecule has 0 bridgehead atoms. The van der Waals surface area contributed by atoms with Gasteiger partial charge >= 0.3 is 0 Å². The highest BCUT2D eigenvalue weighted by molar-refractivity contribution is 5.78. The third-order valence-electron chi connectivity index (χ3n) is 3.62. The van der Waals surface area contributed by atoms with Crippen LogP contribution in [0.5, 0.6) is 5.75 Å². The molecule has 3 N–H and O–H groups in total. The van der Waals surface area contributed by atoms with Crippen molar-refractivity contribution in [2.45, 2.75) is 12.8 Å². The second kappa shape index (κ2) is 5.87. The normalized spacial score (nSPS) is 14.2. The standard InChI is InChI=1S/C15H19N5O/c1-21-12-6-4-11(5-7-12)19-14-13(16)15(18-10-17-14)20-8-2-3-9-20/h4-7,10H,2-3,8-9,16H2,1H3,(H,17,18,19). The van der Waals surface area contributed by atoms with E-state index in [2.05, 4.69) is 20.2 Å². The summed E-state index contributed by atoms with van der Waals surface area (Å²) in [7, 11) is 1.65. The molecule has 0 unspecified atom stereocenters. The third kappa shape index (κ3) is 2.84. The molecule has 2 heterocycles. The predicted molar refractivity (Wildman–Crippen MR) is 84.2 cm³/mol. The van der Waals surface area contributed by atoms with E-state index in [-0.39, 0.29) is 0 Å². The van der Waals surface area contributed by atoms with Crippen molar-refractivity contribution in [2.75, 3.05) is 36.1 Å². The molecule has 6 nitrogen and oxygen atoms in total. The van der Waals surface area contributed by atoms with Crippen LogP contribution in [0.25, 0.3) is 0 Å². The second-order valence-electron chi connectivity index (χ2n) is 5.01. The van der Waals surface area contributed by atoms with Crippen molar-refractivity contribution >= 4 is 23.0 Å². The molecule has 0 spiro atoms. The van der Waals surface area contributed by atoms with Gasteiger partial charge in [-0.3, -0.25) is 0 Å². The number of hydrogen-bond acceptors (Lipinski definition) is 6. The van der Waals surface area contributed by atoms with E-state index in [9.17, 15) is 0 Å². The van der Waals surface area contributed by atoms with Gasteiger partial charge in [-0.05, 0) is 37.1 Å². The Hall–Kier alpha value is -2.50. The van der Waals surface area contributed by atoms with Gasteiger partial charge in [0.1, 0.15) is 17.8 Å². The Kier molecular flexibility index (Phi) is 3.77. The molecule has 0 aliphatic carbocycles. The summed E-state index contributed by atoms with van der Waals surface area (Å²) in [6.07, 6.45) is 3.92. The van der Waals surface area contributed by atoms with Gasteiger partial charge in [0, 0.05) is 18.8 Å². The largest absolute Gasteiger partial charge is 0.497 e. The SMILES string of the molecule is COc1ccc(Nc2ncnc(N3CCCC3)c2N)cc1. The smallest absolute Gasteiger partial charge is 0.159 e. The van der Waals surface area contributed by atoms with Gasteiger partial charge in [-0.25, -0.2) is 9.97 Å². The molecule has 0 amide bonds. The van der Waals surface area contributed by atoms with E-state index < -0.39 is 0 Å². The Morgan fingerprint density at radius 3 is 2.52 bits per heavy atom. The molecule has 0 atom stereocenters. The Morgan fingerprint density at radius 2 is 1.86 bits per heavy atom. The van der Waals surface area contributed by atoms with E-state index in [1.54, 1.807) is 13.4 Å². The highest BCUT2D eigenvalue weighted by atomic mass is 16.5. The summed E-state index contributed by atoms with van der Waals surface area (Å²) in [4.78, 5) is 10.8. The Bertz CT molecular complexity index is 608. The van der Waals surface area contributed by atoms with Crippen LogP contribution in [0.1, 0.15) is 12.8 Å². The highest BCUT2D eigenvalue weighted by Crippen LogP contribution is 2.30. The van der Waals surface area contributed by atoms with E-state index in [0.29, 0.717) is 11.5 Å². The first-order valence-corrected chi connectivity index (χ1v) is 7.04. The number of nitrogens with one attached hydrogen (secondary N) is 1. The van der Waals surface area contributed by atoms with Crippen LogP contribution in [0, 0.1) is 0 Å². The lowest BCUT2D eigenvalue weighted by atomic mass is 10.3. The fourth-order valence-corrected chi connectivity index (χ4v) is 2.48. The fraction of sp³-hybridized carbons (Fsp3) is 0.333. The number of nitrogens with two attached hydrogens (primary N) is 1. The first-order chi connectivity index (χ1) is 10.3. The Labute approximate surface area is 124 Å². The number of hydrogen-bond donors (Lipinski definition) is 2. The summed E-state index contributed by atoms with van der Waals surface area (Å²) in [5, 5.41) is 3.23. The Morgan fingerprint density at radius 1 is 1.14 bits per heavy atom. The number of rotatable bonds is 4. The Balaban J connectivity index is 1.82. The number of aromatic nitrogens is 2. The van der Waals surface area contributed by atoms with Gasteiger partial charge in [0.25, 0.3) is 0 Å². The van der Waals surface area contributed by atoms with Crippen molar-refractivity contribution in [3.05, 3.63) is 30.6 Å². The minimum atomic E-state index is 0.593. The quantitative estimate of drug-likeness (QED) is 0.898. The molecule has 2 aromatic rings. The molecule has 3 rings (SSSR count). The van der Waals surface area contributed by atoms with Gasteiger partial charge in [-0.2, -0.15) is 0 Å². The maximum absolute atomic E-state index is 6.21. The first-order valence-electron chi connectivity index (χ1n) is 7.04. The van der Waals surface area contributed by atoms with Crippen molar-refractivity contribution in [3.63, 3.8) is 0 Å². The van der Waals surface area contributed by atoms with Crippen LogP contribution in [0.15, 0.2) is 30.6 Å². The monoisotopic (exact) mass is 285 g/mol. The summed E-state index contributed by atoms with van der Waals surface area (Å²) in [6, 6.07) is 7.63. The predicted octanol–water partition coefficient (Wildman–Crippen LogP) is 2.41. The van der Waals surface area contributed by atoms with E-state index in [1.807, 2.05) is 24.3 Å². The minimum absolute atomic E-state index is 0.593. The lowest BCUT2D eigenvalue weighted by molar-refractivity contribution is 0.415. The average molecular weight is 285 g/mol. The number of nitrogen functional groups attached to an aromatic ring is 1. The molecule has 1 saturated heterocycles. The number of benzene rings is 1. The molecule has 0 saturated carbocycles. The maximum Gasteiger partial charge on any atom is 0.159 e. The van der Waals surface area contributed by atoms with E-state index in [0.717, 1.165) is 30.3 Å². The lowest BCUT2D eigenvalue weighted by Crippen LogP contribution is -2.21. The summed E-state index contributed by atoms with van der Waals surface area (Å²) >= 11 is 0. The number of ether oxygens (including phenoxy) is 1. The van der Waals surface area contributed by atoms with Gasteiger partial charge < -0.3 is 20.7 Å². The number of anilines is 4. The van der Waals surface area contributed by atoms with Crippen LogP contribution < -0.4 is 20.7 Å². The van der Waals surface area contributed by atoms with Crippen LogP contribution in [0.4, 0.5) is 23.0 Å². The molecule has 1 aliphatic heterocycles. The number of nitrogens with zero attached hydrogens (tertiary/aromatic N) is 3. The van der Waals surface area contributed by atoms with Crippen LogP contribution in [0.3, 0.4) is 0 Å². The zero-order valence-electron chi connectivity index (χ0n) is 12.0. The average Bonchev–Trinajstić information content (AvgIpc) is 3.04. The van der Waals surface area contributed by atoms with Gasteiger partial charge in [-0.15, -0.1) is 0 Å². The molecule has 0 radical (unpaired) electrons. The molecule has 1 aliphatic rings.